The van der Waals surface area contributed by atoms with E-state index in [1.807, 2.05) is 0 Å². The first-order chi connectivity index (χ1) is 7.69. The largest absolute Gasteiger partial charge is 0.311 e. The fourth-order valence-electron chi connectivity index (χ4n) is 3.26. The quantitative estimate of drug-likeness (QED) is 0.719. The van der Waals surface area contributed by atoms with E-state index in [1.165, 1.54) is 44.3 Å². The first-order valence-electron chi connectivity index (χ1n) is 6.83. The lowest BCUT2D eigenvalue weighted by Crippen LogP contribution is -2.48. The van der Waals surface area contributed by atoms with Gasteiger partial charge in [0.15, 0.2) is 0 Å². The Morgan fingerprint density at radius 1 is 1.31 bits per heavy atom. The molecule has 0 aromatic heterocycles. The smallest absolute Gasteiger partial charge is 0.0125 e. The molecule has 1 N–H and O–H groups in total. The summed E-state index contributed by atoms with van der Waals surface area (Å²) < 4.78 is 0. The molecule has 2 atom stereocenters. The molecule has 0 amide bonds. The normalized spacial score (nSPS) is 33.3. The topological polar surface area (TPSA) is 15.3 Å². The Hall–Kier alpha value is -0.340. The van der Waals surface area contributed by atoms with E-state index in [0.717, 1.165) is 24.5 Å². The molecular formula is C14H26N2. The molecule has 2 fully saturated rings. The van der Waals surface area contributed by atoms with E-state index in [9.17, 15) is 0 Å². The van der Waals surface area contributed by atoms with Crippen molar-refractivity contribution in [2.24, 2.45) is 0 Å². The summed E-state index contributed by atoms with van der Waals surface area (Å²) in [7, 11) is 0. The van der Waals surface area contributed by atoms with Gasteiger partial charge in [0.05, 0.1) is 0 Å². The van der Waals surface area contributed by atoms with Crippen molar-refractivity contribution in [1.29, 1.82) is 0 Å². The zero-order valence-electron chi connectivity index (χ0n) is 10.8. The summed E-state index contributed by atoms with van der Waals surface area (Å²) in [4.78, 5) is 2.67. The zero-order chi connectivity index (χ0) is 11.5. The van der Waals surface area contributed by atoms with Crippen LogP contribution >= 0.6 is 0 Å². The van der Waals surface area contributed by atoms with Crippen molar-refractivity contribution in [2.75, 3.05) is 13.1 Å². The van der Waals surface area contributed by atoms with E-state index in [-0.39, 0.29) is 0 Å². The van der Waals surface area contributed by atoms with E-state index >= 15 is 0 Å². The first kappa shape index (κ1) is 12.1. The number of rotatable bonds is 5. The number of fused-ring (bicyclic) bond motifs is 2. The summed E-state index contributed by atoms with van der Waals surface area (Å²) in [6.07, 6.45) is 6.69. The molecule has 2 nitrogen and oxygen atoms in total. The van der Waals surface area contributed by atoms with Crippen LogP contribution in [0.1, 0.15) is 46.0 Å². The minimum atomic E-state index is 0.808. The number of nitrogens with one attached hydrogen (secondary N) is 1. The highest BCUT2D eigenvalue weighted by Crippen LogP contribution is 2.29. The Labute approximate surface area is 100 Å². The van der Waals surface area contributed by atoms with Gasteiger partial charge in [-0.1, -0.05) is 12.5 Å². The summed E-state index contributed by atoms with van der Waals surface area (Å²) >= 11 is 0. The van der Waals surface area contributed by atoms with Crippen molar-refractivity contribution in [3.63, 3.8) is 0 Å². The van der Waals surface area contributed by atoms with Crippen LogP contribution in [-0.4, -0.2) is 36.1 Å². The number of piperidine rings is 1. The molecule has 2 aliphatic heterocycles. The molecule has 2 unspecified atom stereocenters. The van der Waals surface area contributed by atoms with Gasteiger partial charge in [-0.3, -0.25) is 0 Å². The highest BCUT2D eigenvalue weighted by atomic mass is 15.2. The molecule has 2 heterocycles. The molecule has 0 saturated carbocycles. The van der Waals surface area contributed by atoms with Crippen LogP contribution in [0.4, 0.5) is 0 Å². The van der Waals surface area contributed by atoms with Crippen molar-refractivity contribution in [1.82, 2.24) is 10.2 Å². The van der Waals surface area contributed by atoms with Gasteiger partial charge in [-0.2, -0.15) is 0 Å². The van der Waals surface area contributed by atoms with Crippen molar-refractivity contribution in [2.45, 2.75) is 64.1 Å². The number of hydrogen-bond acceptors (Lipinski definition) is 2. The minimum Gasteiger partial charge on any atom is -0.311 e. The van der Waals surface area contributed by atoms with Crippen molar-refractivity contribution < 1.29 is 0 Å². The summed E-state index contributed by atoms with van der Waals surface area (Å²) in [5, 5.41) is 3.72. The Morgan fingerprint density at radius 2 is 1.94 bits per heavy atom. The maximum Gasteiger partial charge on any atom is 0.0125 e. The van der Waals surface area contributed by atoms with Gasteiger partial charge < -0.3 is 10.2 Å². The third kappa shape index (κ3) is 2.86. The van der Waals surface area contributed by atoms with Crippen LogP contribution in [0.5, 0.6) is 0 Å². The predicted octanol–water partition coefficient (Wildman–Crippen LogP) is 2.56. The highest BCUT2D eigenvalue weighted by Gasteiger charge is 2.35. The standard InChI is InChI=1S/C14H26N2/c1-4-16(8-7-11(2)3)14-9-12-5-6-13(10-14)15-12/h12-15H,2,4-10H2,1,3H3. The Kier molecular flexibility index (Phi) is 4.04. The summed E-state index contributed by atoms with van der Waals surface area (Å²) in [5.74, 6) is 0. The van der Waals surface area contributed by atoms with Gasteiger partial charge in [0.25, 0.3) is 0 Å². The predicted molar refractivity (Wildman–Crippen MR) is 69.6 cm³/mol. The van der Waals surface area contributed by atoms with Crippen molar-refractivity contribution in [3.05, 3.63) is 12.2 Å². The Bertz CT molecular complexity index is 237. The highest BCUT2D eigenvalue weighted by molar-refractivity contribution is 4.96. The van der Waals surface area contributed by atoms with Crippen LogP contribution < -0.4 is 5.32 Å². The molecular weight excluding hydrogens is 196 g/mol. The summed E-state index contributed by atoms with van der Waals surface area (Å²) in [5.41, 5.74) is 1.32. The molecule has 16 heavy (non-hydrogen) atoms. The van der Waals surface area contributed by atoms with E-state index < -0.39 is 0 Å². The van der Waals surface area contributed by atoms with Crippen LogP contribution in [0.25, 0.3) is 0 Å². The number of nitrogens with zero attached hydrogens (tertiary/aromatic N) is 1. The average Bonchev–Trinajstić information content (AvgIpc) is 2.58. The van der Waals surface area contributed by atoms with Crippen LogP contribution in [0.3, 0.4) is 0 Å². The fourth-order valence-corrected chi connectivity index (χ4v) is 3.26. The lowest BCUT2D eigenvalue weighted by Gasteiger charge is -2.37. The Balaban J connectivity index is 1.86. The van der Waals surface area contributed by atoms with Crippen molar-refractivity contribution >= 4 is 0 Å². The molecule has 2 saturated heterocycles. The van der Waals surface area contributed by atoms with E-state index in [2.05, 4.69) is 30.6 Å². The second-order valence-electron chi connectivity index (χ2n) is 5.60. The third-order valence-electron chi connectivity index (χ3n) is 4.20. The third-order valence-corrected chi connectivity index (χ3v) is 4.20. The average molecular weight is 222 g/mol. The lowest BCUT2D eigenvalue weighted by molar-refractivity contribution is 0.149. The van der Waals surface area contributed by atoms with E-state index in [4.69, 9.17) is 0 Å². The van der Waals surface area contributed by atoms with Gasteiger partial charge in [0, 0.05) is 24.7 Å². The van der Waals surface area contributed by atoms with Crippen LogP contribution in [-0.2, 0) is 0 Å². The summed E-state index contributed by atoms with van der Waals surface area (Å²) in [6, 6.07) is 2.44. The van der Waals surface area contributed by atoms with Gasteiger partial charge >= 0.3 is 0 Å². The lowest BCUT2D eigenvalue weighted by atomic mass is 9.98. The Morgan fingerprint density at radius 3 is 2.44 bits per heavy atom. The van der Waals surface area contributed by atoms with E-state index in [0.29, 0.717) is 0 Å². The van der Waals surface area contributed by atoms with Gasteiger partial charge in [0.1, 0.15) is 0 Å². The minimum absolute atomic E-state index is 0.808. The second kappa shape index (κ2) is 5.33. The van der Waals surface area contributed by atoms with Crippen LogP contribution in [0.15, 0.2) is 12.2 Å². The molecule has 0 aromatic rings. The van der Waals surface area contributed by atoms with Crippen LogP contribution in [0.2, 0.25) is 0 Å². The monoisotopic (exact) mass is 222 g/mol. The fraction of sp³-hybridized carbons (Fsp3) is 0.857. The molecule has 0 aliphatic carbocycles. The summed E-state index contributed by atoms with van der Waals surface area (Å²) in [6.45, 7) is 10.8. The SMILES string of the molecule is C=C(C)CCN(CC)C1CC2CCC(C1)N2. The number of hydrogen-bond donors (Lipinski definition) is 1. The molecule has 92 valence electrons. The molecule has 2 heteroatoms. The van der Waals surface area contributed by atoms with Crippen molar-refractivity contribution in [3.8, 4) is 0 Å². The first-order valence-corrected chi connectivity index (χ1v) is 6.83. The van der Waals surface area contributed by atoms with Crippen LogP contribution in [0, 0.1) is 0 Å². The molecule has 0 radical (unpaired) electrons. The zero-order valence-corrected chi connectivity index (χ0v) is 10.8. The molecule has 2 bridgehead atoms. The second-order valence-corrected chi connectivity index (χ2v) is 5.60. The van der Waals surface area contributed by atoms with Gasteiger partial charge in [0.2, 0.25) is 0 Å². The molecule has 2 rings (SSSR count). The molecule has 2 aliphatic rings. The maximum absolute atomic E-state index is 4.01. The molecule has 0 spiro atoms. The van der Waals surface area contributed by atoms with Gasteiger partial charge in [-0.05, 0) is 45.6 Å². The van der Waals surface area contributed by atoms with Gasteiger partial charge in [-0.15, -0.1) is 6.58 Å². The van der Waals surface area contributed by atoms with Gasteiger partial charge in [-0.25, -0.2) is 0 Å². The molecule has 0 aromatic carbocycles. The maximum atomic E-state index is 4.01. The van der Waals surface area contributed by atoms with E-state index in [1.54, 1.807) is 0 Å².